The average molecular weight is 591 g/mol. The molecule has 39 heavy (non-hydrogen) atoms. The number of aryl methyl sites for hydroxylation is 1. The van der Waals surface area contributed by atoms with E-state index in [9.17, 15) is 18.0 Å². The summed E-state index contributed by atoms with van der Waals surface area (Å²) in [6, 6.07) is 18.8. The average Bonchev–Trinajstić information content (AvgIpc) is 2.89. The highest BCUT2D eigenvalue weighted by molar-refractivity contribution is 7.92. The number of sulfonamides is 1. The van der Waals surface area contributed by atoms with Gasteiger partial charge in [0.1, 0.15) is 12.6 Å². The van der Waals surface area contributed by atoms with E-state index in [4.69, 9.17) is 23.2 Å². The van der Waals surface area contributed by atoms with Crippen molar-refractivity contribution in [2.24, 2.45) is 0 Å². The van der Waals surface area contributed by atoms with Crippen LogP contribution in [0.4, 0.5) is 5.69 Å². The maximum Gasteiger partial charge on any atom is 0.264 e. The molecule has 10 heteroatoms. The lowest BCUT2D eigenvalue weighted by molar-refractivity contribution is -0.139. The van der Waals surface area contributed by atoms with Crippen LogP contribution in [0.5, 0.6) is 0 Å². The molecule has 3 aromatic rings. The summed E-state index contributed by atoms with van der Waals surface area (Å²) in [6.45, 7) is 6.96. The summed E-state index contributed by atoms with van der Waals surface area (Å²) in [5.41, 5.74) is 1.95. The second kappa shape index (κ2) is 13.3. The normalized spacial score (nSPS) is 12.9. The van der Waals surface area contributed by atoms with Crippen molar-refractivity contribution < 1.29 is 18.0 Å². The number of hydrogen-bond donors (Lipinski definition) is 1. The first kappa shape index (κ1) is 30.5. The van der Waals surface area contributed by atoms with Gasteiger partial charge in [0.15, 0.2) is 0 Å². The molecule has 208 valence electrons. The van der Waals surface area contributed by atoms with Gasteiger partial charge in [0.25, 0.3) is 10.0 Å². The van der Waals surface area contributed by atoms with Crippen LogP contribution in [0.25, 0.3) is 0 Å². The molecule has 0 radical (unpaired) electrons. The van der Waals surface area contributed by atoms with Gasteiger partial charge in [-0.3, -0.25) is 13.9 Å². The van der Waals surface area contributed by atoms with E-state index >= 15 is 0 Å². The minimum atomic E-state index is -4.20. The van der Waals surface area contributed by atoms with Gasteiger partial charge in [-0.2, -0.15) is 0 Å². The lowest BCUT2D eigenvalue weighted by Crippen LogP contribution is -2.52. The predicted octanol–water partition coefficient (Wildman–Crippen LogP) is 5.83. The quantitative estimate of drug-likeness (QED) is 0.305. The first-order valence-electron chi connectivity index (χ1n) is 12.6. The molecule has 0 bridgehead atoms. The van der Waals surface area contributed by atoms with Gasteiger partial charge in [0, 0.05) is 22.6 Å². The van der Waals surface area contributed by atoms with E-state index < -0.39 is 28.5 Å². The number of carbonyl (C=O) groups excluding carboxylic acids is 2. The molecule has 0 aliphatic heterocycles. The smallest absolute Gasteiger partial charge is 0.264 e. The Morgan fingerprint density at radius 1 is 0.923 bits per heavy atom. The fraction of sp³-hybridized carbons (Fsp3) is 0.310. The molecular formula is C29H33Cl2N3O4S. The Morgan fingerprint density at radius 2 is 1.56 bits per heavy atom. The van der Waals surface area contributed by atoms with E-state index in [1.165, 1.54) is 35.2 Å². The fourth-order valence-corrected chi connectivity index (χ4v) is 5.92. The number of nitrogens with one attached hydrogen (secondary N) is 1. The van der Waals surface area contributed by atoms with Crippen LogP contribution in [0.1, 0.15) is 38.3 Å². The molecule has 2 atom stereocenters. The van der Waals surface area contributed by atoms with Crippen LogP contribution in [-0.4, -0.2) is 43.8 Å². The lowest BCUT2D eigenvalue weighted by atomic mass is 10.1. The van der Waals surface area contributed by atoms with Crippen LogP contribution in [0.15, 0.2) is 77.7 Å². The van der Waals surface area contributed by atoms with Gasteiger partial charge >= 0.3 is 0 Å². The Kier molecular flexibility index (Phi) is 10.4. The molecule has 0 aliphatic carbocycles. The Labute approximate surface area is 240 Å². The summed E-state index contributed by atoms with van der Waals surface area (Å²) in [7, 11) is -4.20. The number of nitrogens with zero attached hydrogens (tertiary/aromatic N) is 2. The van der Waals surface area contributed by atoms with E-state index in [0.717, 1.165) is 21.9 Å². The second-order valence-corrected chi connectivity index (χ2v) is 12.2. The molecule has 2 amide bonds. The minimum absolute atomic E-state index is 0.00157. The Morgan fingerprint density at radius 3 is 2.15 bits per heavy atom. The van der Waals surface area contributed by atoms with Gasteiger partial charge in [-0.1, -0.05) is 78.2 Å². The van der Waals surface area contributed by atoms with Gasteiger partial charge < -0.3 is 10.2 Å². The van der Waals surface area contributed by atoms with Crippen molar-refractivity contribution in [3.05, 3.63) is 94.0 Å². The van der Waals surface area contributed by atoms with Crippen molar-refractivity contribution >= 4 is 50.7 Å². The number of halogens is 2. The highest BCUT2D eigenvalue weighted by Gasteiger charge is 2.33. The summed E-state index contributed by atoms with van der Waals surface area (Å²) in [4.78, 5) is 28.4. The summed E-state index contributed by atoms with van der Waals surface area (Å²) in [5.74, 6) is -0.882. The summed E-state index contributed by atoms with van der Waals surface area (Å²) >= 11 is 12.4. The van der Waals surface area contributed by atoms with Crippen molar-refractivity contribution in [3.63, 3.8) is 0 Å². The molecule has 3 rings (SSSR count). The van der Waals surface area contributed by atoms with E-state index in [1.807, 2.05) is 45.0 Å². The van der Waals surface area contributed by atoms with Crippen LogP contribution in [0.3, 0.4) is 0 Å². The van der Waals surface area contributed by atoms with Gasteiger partial charge in [-0.05, 0) is 63.1 Å². The van der Waals surface area contributed by atoms with Crippen molar-refractivity contribution in [2.75, 3.05) is 10.8 Å². The monoisotopic (exact) mass is 589 g/mol. The molecule has 0 saturated heterocycles. The maximum atomic E-state index is 13.9. The number of rotatable bonds is 11. The molecule has 3 aromatic carbocycles. The first-order valence-corrected chi connectivity index (χ1v) is 14.8. The van der Waals surface area contributed by atoms with E-state index in [-0.39, 0.29) is 39.1 Å². The van der Waals surface area contributed by atoms with Gasteiger partial charge in [0.05, 0.1) is 10.6 Å². The van der Waals surface area contributed by atoms with Gasteiger partial charge in [0.2, 0.25) is 11.8 Å². The summed E-state index contributed by atoms with van der Waals surface area (Å²) in [5, 5.41) is 3.36. The predicted molar refractivity (Wildman–Crippen MR) is 157 cm³/mol. The van der Waals surface area contributed by atoms with E-state index in [1.54, 1.807) is 25.1 Å². The Balaban J connectivity index is 2.05. The SMILES string of the molecule is CC[C@H](C)NC(=O)[C@H](C)N(Cc1cccc(C)c1)C(=O)CN(c1cc(Cl)cc(Cl)c1)S(=O)(=O)c1ccccc1. The molecule has 0 heterocycles. The Bertz CT molecular complexity index is 1400. The largest absolute Gasteiger partial charge is 0.352 e. The minimum Gasteiger partial charge on any atom is -0.352 e. The molecule has 0 spiro atoms. The second-order valence-electron chi connectivity index (χ2n) is 9.46. The third kappa shape index (κ3) is 7.97. The number of amides is 2. The van der Waals surface area contributed by atoms with Crippen LogP contribution >= 0.6 is 23.2 Å². The zero-order valence-corrected chi connectivity index (χ0v) is 24.7. The van der Waals surface area contributed by atoms with E-state index in [0.29, 0.717) is 0 Å². The zero-order chi connectivity index (χ0) is 28.7. The van der Waals surface area contributed by atoms with Crippen molar-refractivity contribution in [1.82, 2.24) is 10.2 Å². The third-order valence-corrected chi connectivity index (χ3v) is 8.57. The van der Waals surface area contributed by atoms with Crippen molar-refractivity contribution in [2.45, 2.75) is 57.6 Å². The van der Waals surface area contributed by atoms with E-state index in [2.05, 4.69) is 5.32 Å². The maximum absolute atomic E-state index is 13.9. The van der Waals surface area contributed by atoms with Crippen molar-refractivity contribution in [1.29, 1.82) is 0 Å². The standard InChI is InChI=1S/C29H33Cl2N3O4S/c1-5-21(3)32-29(36)22(4)33(18-23-11-9-10-20(2)14-23)28(35)19-34(26-16-24(30)15-25(31)17-26)39(37,38)27-12-7-6-8-13-27/h6-17,21-22H,5,18-19H2,1-4H3,(H,32,36)/t21-,22-/m0/s1. The first-order chi connectivity index (χ1) is 18.4. The molecule has 0 saturated carbocycles. The highest BCUT2D eigenvalue weighted by atomic mass is 35.5. The topological polar surface area (TPSA) is 86.8 Å². The fourth-order valence-electron chi connectivity index (χ4n) is 3.99. The Hall–Kier alpha value is -3.07. The summed E-state index contributed by atoms with van der Waals surface area (Å²) < 4.78 is 28.6. The number of carbonyl (C=O) groups is 2. The molecule has 0 aliphatic rings. The number of benzene rings is 3. The van der Waals surface area contributed by atoms with Crippen LogP contribution in [0, 0.1) is 6.92 Å². The molecule has 0 fully saturated rings. The van der Waals surface area contributed by atoms with Crippen LogP contribution < -0.4 is 9.62 Å². The number of anilines is 1. The van der Waals surface area contributed by atoms with Crippen molar-refractivity contribution in [3.8, 4) is 0 Å². The molecule has 0 unspecified atom stereocenters. The summed E-state index contributed by atoms with van der Waals surface area (Å²) in [6.07, 6.45) is 0.725. The number of hydrogen-bond acceptors (Lipinski definition) is 4. The molecule has 1 N–H and O–H groups in total. The molecule has 0 aromatic heterocycles. The third-order valence-electron chi connectivity index (χ3n) is 6.35. The molecule has 7 nitrogen and oxygen atoms in total. The van der Waals surface area contributed by atoms with Gasteiger partial charge in [-0.25, -0.2) is 8.42 Å². The lowest BCUT2D eigenvalue weighted by Gasteiger charge is -2.32. The van der Waals surface area contributed by atoms with Crippen LogP contribution in [-0.2, 0) is 26.2 Å². The highest BCUT2D eigenvalue weighted by Crippen LogP contribution is 2.30. The molecular weight excluding hydrogens is 557 g/mol. The van der Waals surface area contributed by atoms with Crippen LogP contribution in [0.2, 0.25) is 10.0 Å². The zero-order valence-electron chi connectivity index (χ0n) is 22.4. The van der Waals surface area contributed by atoms with Gasteiger partial charge in [-0.15, -0.1) is 0 Å².